The number of carbonyl (C=O) groups is 1. The zero-order chi connectivity index (χ0) is 8.85. The van der Waals surface area contributed by atoms with Crippen molar-refractivity contribution in [3.63, 3.8) is 0 Å². The van der Waals surface area contributed by atoms with Crippen LogP contribution < -0.4 is 16.6 Å². The molecule has 0 aromatic heterocycles. The first-order valence-corrected chi connectivity index (χ1v) is 3.80. The Labute approximate surface area is 67.5 Å². The Hall–Kier alpha value is -0.610. The molecule has 1 atom stereocenters. The van der Waals surface area contributed by atoms with Crippen LogP contribution in [0.3, 0.4) is 0 Å². The summed E-state index contributed by atoms with van der Waals surface area (Å²) in [6.07, 6.45) is 0.716. The number of hydrazine groups is 1. The van der Waals surface area contributed by atoms with Crippen LogP contribution in [-0.4, -0.2) is 19.0 Å². The SMILES string of the molecule is CNNC(=O)C(N)CC(C)C. The van der Waals surface area contributed by atoms with Crippen molar-refractivity contribution in [2.24, 2.45) is 11.7 Å². The van der Waals surface area contributed by atoms with Crippen LogP contribution in [0.4, 0.5) is 0 Å². The fourth-order valence-corrected chi connectivity index (χ4v) is 0.831. The van der Waals surface area contributed by atoms with Gasteiger partial charge in [-0.2, -0.15) is 0 Å². The zero-order valence-electron chi connectivity index (χ0n) is 7.35. The maximum Gasteiger partial charge on any atom is 0.250 e. The lowest BCUT2D eigenvalue weighted by atomic mass is 10.0. The van der Waals surface area contributed by atoms with E-state index >= 15 is 0 Å². The molecule has 4 heteroatoms. The number of hydrogen-bond acceptors (Lipinski definition) is 3. The first-order chi connectivity index (χ1) is 5.07. The van der Waals surface area contributed by atoms with Gasteiger partial charge in [-0.25, -0.2) is 5.43 Å². The van der Waals surface area contributed by atoms with Crippen LogP contribution in [0.2, 0.25) is 0 Å². The maximum atomic E-state index is 11.0. The monoisotopic (exact) mass is 159 g/mol. The lowest BCUT2D eigenvalue weighted by molar-refractivity contribution is -0.123. The predicted octanol–water partition coefficient (Wildman–Crippen LogP) is -0.390. The van der Waals surface area contributed by atoms with E-state index in [2.05, 4.69) is 10.9 Å². The van der Waals surface area contributed by atoms with Gasteiger partial charge in [0.2, 0.25) is 0 Å². The highest BCUT2D eigenvalue weighted by atomic mass is 16.2. The van der Waals surface area contributed by atoms with Crippen molar-refractivity contribution in [1.82, 2.24) is 10.9 Å². The first kappa shape index (κ1) is 10.4. The van der Waals surface area contributed by atoms with Crippen molar-refractivity contribution in [2.45, 2.75) is 26.3 Å². The summed E-state index contributed by atoms with van der Waals surface area (Å²) in [7, 11) is 1.64. The molecule has 0 rings (SSSR count). The number of amides is 1. The summed E-state index contributed by atoms with van der Waals surface area (Å²) in [4.78, 5) is 11.0. The van der Waals surface area contributed by atoms with Crippen LogP contribution in [0.1, 0.15) is 20.3 Å². The van der Waals surface area contributed by atoms with Crippen molar-refractivity contribution in [2.75, 3.05) is 7.05 Å². The number of rotatable bonds is 4. The van der Waals surface area contributed by atoms with Gasteiger partial charge in [-0.15, -0.1) is 0 Å². The van der Waals surface area contributed by atoms with Crippen LogP contribution in [0, 0.1) is 5.92 Å². The Morgan fingerprint density at radius 1 is 1.55 bits per heavy atom. The van der Waals surface area contributed by atoms with E-state index < -0.39 is 6.04 Å². The summed E-state index contributed by atoms with van der Waals surface area (Å²) in [5.74, 6) is 0.300. The van der Waals surface area contributed by atoms with Crippen LogP contribution in [0.15, 0.2) is 0 Å². The summed E-state index contributed by atoms with van der Waals surface area (Å²) >= 11 is 0. The van der Waals surface area contributed by atoms with Crippen LogP contribution >= 0.6 is 0 Å². The highest BCUT2D eigenvalue weighted by Crippen LogP contribution is 2.01. The molecule has 11 heavy (non-hydrogen) atoms. The minimum absolute atomic E-state index is 0.152. The van der Waals surface area contributed by atoms with Crippen LogP contribution in [-0.2, 0) is 4.79 Å². The molecule has 0 saturated heterocycles. The maximum absolute atomic E-state index is 11.0. The molecule has 66 valence electrons. The molecule has 0 aromatic rings. The topological polar surface area (TPSA) is 67.1 Å². The van der Waals surface area contributed by atoms with Crippen LogP contribution in [0.5, 0.6) is 0 Å². The molecule has 0 radical (unpaired) electrons. The van der Waals surface area contributed by atoms with E-state index in [1.165, 1.54) is 0 Å². The first-order valence-electron chi connectivity index (χ1n) is 3.80. The van der Waals surface area contributed by atoms with Gasteiger partial charge >= 0.3 is 0 Å². The van der Waals surface area contributed by atoms with Crippen molar-refractivity contribution < 1.29 is 4.79 Å². The molecule has 0 bridgehead atoms. The fraction of sp³-hybridized carbons (Fsp3) is 0.857. The molecule has 0 heterocycles. The van der Waals surface area contributed by atoms with E-state index in [1.54, 1.807) is 7.05 Å². The minimum Gasteiger partial charge on any atom is -0.320 e. The Bertz CT molecular complexity index is 125. The molecule has 0 aromatic carbocycles. The summed E-state index contributed by atoms with van der Waals surface area (Å²) in [6.45, 7) is 4.07. The number of nitrogens with one attached hydrogen (secondary N) is 2. The zero-order valence-corrected chi connectivity index (χ0v) is 7.35. The molecule has 0 aliphatic carbocycles. The van der Waals surface area contributed by atoms with Gasteiger partial charge in [-0.3, -0.25) is 10.2 Å². The van der Waals surface area contributed by atoms with Gasteiger partial charge in [-0.1, -0.05) is 13.8 Å². The largest absolute Gasteiger partial charge is 0.320 e. The lowest BCUT2D eigenvalue weighted by Gasteiger charge is -2.12. The molecular formula is C7H17N3O. The second-order valence-corrected chi connectivity index (χ2v) is 2.98. The van der Waals surface area contributed by atoms with Crippen LogP contribution in [0.25, 0.3) is 0 Å². The van der Waals surface area contributed by atoms with E-state index in [1.807, 2.05) is 13.8 Å². The van der Waals surface area contributed by atoms with E-state index in [-0.39, 0.29) is 5.91 Å². The molecule has 0 fully saturated rings. The molecule has 0 saturated carbocycles. The predicted molar refractivity (Wildman–Crippen MR) is 44.6 cm³/mol. The summed E-state index contributed by atoms with van der Waals surface area (Å²) < 4.78 is 0. The second kappa shape index (κ2) is 5.09. The van der Waals surface area contributed by atoms with Gasteiger partial charge < -0.3 is 5.73 Å². The fourth-order valence-electron chi connectivity index (χ4n) is 0.831. The van der Waals surface area contributed by atoms with Gasteiger partial charge in [0.1, 0.15) is 0 Å². The van der Waals surface area contributed by atoms with E-state index in [0.717, 1.165) is 0 Å². The van der Waals surface area contributed by atoms with Gasteiger partial charge in [0.05, 0.1) is 6.04 Å². The Morgan fingerprint density at radius 3 is 2.45 bits per heavy atom. The third kappa shape index (κ3) is 4.75. The molecule has 0 spiro atoms. The highest BCUT2D eigenvalue weighted by molar-refractivity contribution is 5.80. The molecule has 4 N–H and O–H groups in total. The number of hydrogen-bond donors (Lipinski definition) is 3. The molecule has 1 amide bonds. The molecule has 0 aliphatic heterocycles. The minimum atomic E-state index is -0.401. The second-order valence-electron chi connectivity index (χ2n) is 2.98. The number of carbonyl (C=O) groups excluding carboxylic acids is 1. The van der Waals surface area contributed by atoms with Gasteiger partial charge in [-0.05, 0) is 12.3 Å². The third-order valence-electron chi connectivity index (χ3n) is 1.31. The quantitative estimate of drug-likeness (QED) is 0.489. The standard InChI is InChI=1S/C7H17N3O/c1-5(2)4-6(8)7(11)10-9-3/h5-6,9H,4,8H2,1-3H3,(H,10,11). The average molecular weight is 159 g/mol. The molecule has 1 unspecified atom stereocenters. The van der Waals surface area contributed by atoms with Gasteiger partial charge in [0.15, 0.2) is 0 Å². The normalized spacial score (nSPS) is 13.2. The van der Waals surface area contributed by atoms with Gasteiger partial charge in [0.25, 0.3) is 5.91 Å². The summed E-state index contributed by atoms with van der Waals surface area (Å²) in [5, 5.41) is 0. The number of nitrogens with two attached hydrogens (primary N) is 1. The van der Waals surface area contributed by atoms with Gasteiger partial charge in [0, 0.05) is 7.05 Å². The van der Waals surface area contributed by atoms with Crippen molar-refractivity contribution in [3.8, 4) is 0 Å². The Balaban J connectivity index is 3.64. The molecule has 4 nitrogen and oxygen atoms in total. The average Bonchev–Trinajstić information content (AvgIpc) is 1.86. The van der Waals surface area contributed by atoms with Crippen molar-refractivity contribution in [3.05, 3.63) is 0 Å². The lowest BCUT2D eigenvalue weighted by Crippen LogP contribution is -2.46. The third-order valence-corrected chi connectivity index (χ3v) is 1.31. The summed E-state index contributed by atoms with van der Waals surface area (Å²) in [5.41, 5.74) is 10.5. The molecule has 0 aliphatic rings. The van der Waals surface area contributed by atoms with E-state index in [0.29, 0.717) is 12.3 Å². The van der Waals surface area contributed by atoms with E-state index in [4.69, 9.17) is 5.73 Å². The molecular weight excluding hydrogens is 142 g/mol. The van der Waals surface area contributed by atoms with Crippen molar-refractivity contribution >= 4 is 5.91 Å². The Kier molecular flexibility index (Phi) is 4.81. The highest BCUT2D eigenvalue weighted by Gasteiger charge is 2.13. The smallest absolute Gasteiger partial charge is 0.250 e. The van der Waals surface area contributed by atoms with Crippen molar-refractivity contribution in [1.29, 1.82) is 0 Å². The Morgan fingerprint density at radius 2 is 2.09 bits per heavy atom. The summed E-state index contributed by atoms with van der Waals surface area (Å²) in [6, 6.07) is -0.401. The van der Waals surface area contributed by atoms with E-state index in [9.17, 15) is 4.79 Å².